The van der Waals surface area contributed by atoms with E-state index in [9.17, 15) is 4.79 Å². The fourth-order valence-corrected chi connectivity index (χ4v) is 4.01. The van der Waals surface area contributed by atoms with Crippen LogP contribution in [0.4, 0.5) is 10.9 Å². The molecular formula is C15H18ClN5O2S. The van der Waals surface area contributed by atoms with Crippen molar-refractivity contribution < 1.29 is 9.53 Å². The molecule has 0 saturated carbocycles. The van der Waals surface area contributed by atoms with Crippen LogP contribution in [-0.2, 0) is 4.74 Å². The lowest BCUT2D eigenvalue weighted by Crippen LogP contribution is -2.39. The Morgan fingerprint density at radius 2 is 2.42 bits per heavy atom. The van der Waals surface area contributed by atoms with Gasteiger partial charge in [-0.2, -0.15) is 5.10 Å². The molecule has 2 aromatic heterocycles. The first-order valence-corrected chi connectivity index (χ1v) is 8.79. The van der Waals surface area contributed by atoms with Crippen molar-refractivity contribution in [1.29, 1.82) is 0 Å². The maximum absolute atomic E-state index is 11.7. The molecule has 0 spiro atoms. The summed E-state index contributed by atoms with van der Waals surface area (Å²) in [7, 11) is 3.28. The highest BCUT2D eigenvalue weighted by atomic mass is 35.5. The lowest BCUT2D eigenvalue weighted by atomic mass is 10.2. The standard InChI is InChI=1S/C15H18ClN5O2S/c1-20(15-18-13(16)12(24-15)14(22)23-2)9-10-5-4-8-21(10)11-6-3-7-17-19-11/h3,6-7,10H,4-5,8-9H2,1-2H3. The van der Waals surface area contributed by atoms with Crippen LogP contribution in [0.3, 0.4) is 0 Å². The highest BCUT2D eigenvalue weighted by Crippen LogP contribution is 2.31. The van der Waals surface area contributed by atoms with Crippen molar-refractivity contribution in [3.8, 4) is 0 Å². The summed E-state index contributed by atoms with van der Waals surface area (Å²) in [6.45, 7) is 1.73. The van der Waals surface area contributed by atoms with Crippen molar-refractivity contribution in [2.75, 3.05) is 37.0 Å². The maximum atomic E-state index is 11.7. The number of methoxy groups -OCH3 is 1. The van der Waals surface area contributed by atoms with Crippen molar-refractivity contribution in [3.63, 3.8) is 0 Å². The van der Waals surface area contributed by atoms with Gasteiger partial charge < -0.3 is 14.5 Å². The van der Waals surface area contributed by atoms with Gasteiger partial charge in [0.25, 0.3) is 0 Å². The number of anilines is 2. The SMILES string of the molecule is COC(=O)c1sc(N(C)CC2CCCN2c2cccnn2)nc1Cl. The van der Waals surface area contributed by atoms with Gasteiger partial charge >= 0.3 is 5.97 Å². The van der Waals surface area contributed by atoms with E-state index in [1.54, 1.807) is 6.20 Å². The van der Waals surface area contributed by atoms with Gasteiger partial charge in [-0.05, 0) is 25.0 Å². The summed E-state index contributed by atoms with van der Waals surface area (Å²) < 4.78 is 4.72. The first-order valence-electron chi connectivity index (χ1n) is 7.60. The summed E-state index contributed by atoms with van der Waals surface area (Å²) >= 11 is 7.29. The van der Waals surface area contributed by atoms with E-state index < -0.39 is 5.97 Å². The number of nitrogens with zero attached hydrogens (tertiary/aromatic N) is 5. The summed E-state index contributed by atoms with van der Waals surface area (Å²) in [6, 6.07) is 4.18. The first kappa shape index (κ1) is 16.9. The van der Waals surface area contributed by atoms with Crippen molar-refractivity contribution in [3.05, 3.63) is 28.4 Å². The van der Waals surface area contributed by atoms with Crippen molar-refractivity contribution in [1.82, 2.24) is 15.2 Å². The Bertz CT molecular complexity index is 711. The van der Waals surface area contributed by atoms with Gasteiger partial charge in [-0.25, -0.2) is 9.78 Å². The molecule has 3 rings (SSSR count). The van der Waals surface area contributed by atoms with Crippen LogP contribution in [0.25, 0.3) is 0 Å². The molecule has 0 N–H and O–H groups in total. The number of likely N-dealkylation sites (N-methyl/N-ethyl adjacent to an activating group) is 1. The van der Waals surface area contributed by atoms with Crippen LogP contribution in [0.5, 0.6) is 0 Å². The molecule has 7 nitrogen and oxygen atoms in total. The second-order valence-corrected chi connectivity index (χ2v) is 6.90. The molecule has 128 valence electrons. The van der Waals surface area contributed by atoms with Gasteiger partial charge in [-0.15, -0.1) is 5.10 Å². The molecular weight excluding hydrogens is 350 g/mol. The Labute approximate surface area is 149 Å². The number of esters is 1. The zero-order chi connectivity index (χ0) is 17.1. The van der Waals surface area contributed by atoms with Gasteiger partial charge in [0.15, 0.2) is 21.0 Å². The fraction of sp³-hybridized carbons (Fsp3) is 0.467. The van der Waals surface area contributed by atoms with E-state index in [4.69, 9.17) is 16.3 Å². The molecule has 2 aromatic rings. The van der Waals surface area contributed by atoms with Gasteiger partial charge in [-0.1, -0.05) is 22.9 Å². The number of rotatable bonds is 5. The largest absolute Gasteiger partial charge is 0.465 e. The molecule has 1 atom stereocenters. The Morgan fingerprint density at radius 1 is 1.58 bits per heavy atom. The number of carbonyl (C=O) groups is 1. The molecule has 0 amide bonds. The second kappa shape index (κ2) is 7.31. The molecule has 0 bridgehead atoms. The number of ether oxygens (including phenoxy) is 1. The van der Waals surface area contributed by atoms with Gasteiger partial charge in [0, 0.05) is 32.4 Å². The Balaban J connectivity index is 1.72. The van der Waals surface area contributed by atoms with Gasteiger partial charge in [0.2, 0.25) is 0 Å². The monoisotopic (exact) mass is 367 g/mol. The Hall–Kier alpha value is -1.93. The molecule has 0 radical (unpaired) electrons. The summed E-state index contributed by atoms with van der Waals surface area (Å²) in [4.78, 5) is 20.6. The summed E-state index contributed by atoms with van der Waals surface area (Å²) in [5, 5.41) is 9.05. The minimum atomic E-state index is -0.459. The molecule has 1 saturated heterocycles. The molecule has 9 heteroatoms. The zero-order valence-corrected chi connectivity index (χ0v) is 15.0. The molecule has 1 fully saturated rings. The third kappa shape index (κ3) is 3.44. The minimum Gasteiger partial charge on any atom is -0.465 e. The second-order valence-electron chi connectivity index (χ2n) is 5.56. The number of hydrogen-bond acceptors (Lipinski definition) is 8. The molecule has 1 aliphatic rings. The molecule has 3 heterocycles. The predicted octanol–water partition coefficient (Wildman–Crippen LogP) is 2.48. The van der Waals surface area contributed by atoms with Crippen LogP contribution in [0.1, 0.15) is 22.5 Å². The van der Waals surface area contributed by atoms with Crippen LogP contribution >= 0.6 is 22.9 Å². The molecule has 1 aliphatic heterocycles. The van der Waals surface area contributed by atoms with Crippen molar-refractivity contribution in [2.24, 2.45) is 0 Å². The van der Waals surface area contributed by atoms with Crippen LogP contribution in [0.15, 0.2) is 18.3 Å². The van der Waals surface area contributed by atoms with Crippen LogP contribution < -0.4 is 9.80 Å². The summed E-state index contributed by atoms with van der Waals surface area (Å²) in [5.41, 5.74) is 0. The van der Waals surface area contributed by atoms with E-state index in [1.165, 1.54) is 18.4 Å². The smallest absolute Gasteiger partial charge is 0.351 e. The van der Waals surface area contributed by atoms with Gasteiger partial charge in [-0.3, -0.25) is 0 Å². The van der Waals surface area contributed by atoms with E-state index in [0.717, 1.165) is 31.7 Å². The zero-order valence-electron chi connectivity index (χ0n) is 13.5. The molecule has 24 heavy (non-hydrogen) atoms. The highest BCUT2D eigenvalue weighted by molar-refractivity contribution is 7.18. The van der Waals surface area contributed by atoms with E-state index in [0.29, 0.717) is 16.1 Å². The van der Waals surface area contributed by atoms with E-state index in [-0.39, 0.29) is 5.15 Å². The lowest BCUT2D eigenvalue weighted by Gasteiger charge is -2.29. The van der Waals surface area contributed by atoms with Crippen molar-refractivity contribution in [2.45, 2.75) is 18.9 Å². The van der Waals surface area contributed by atoms with E-state index >= 15 is 0 Å². The summed E-state index contributed by atoms with van der Waals surface area (Å²) in [6.07, 6.45) is 3.86. The molecule has 0 aromatic carbocycles. The van der Waals surface area contributed by atoms with E-state index in [1.807, 2.05) is 24.1 Å². The lowest BCUT2D eigenvalue weighted by molar-refractivity contribution is 0.0606. The highest BCUT2D eigenvalue weighted by Gasteiger charge is 2.28. The summed E-state index contributed by atoms with van der Waals surface area (Å²) in [5.74, 6) is 0.431. The van der Waals surface area contributed by atoms with Crippen LogP contribution in [0, 0.1) is 0 Å². The van der Waals surface area contributed by atoms with Crippen LogP contribution in [-0.4, -0.2) is 54.4 Å². The third-order valence-corrected chi connectivity index (χ3v) is 5.52. The molecule has 1 unspecified atom stereocenters. The number of carbonyl (C=O) groups excluding carboxylic acids is 1. The first-order chi connectivity index (χ1) is 11.6. The van der Waals surface area contributed by atoms with Crippen molar-refractivity contribution >= 4 is 39.9 Å². The number of aromatic nitrogens is 3. The normalized spacial score (nSPS) is 17.1. The minimum absolute atomic E-state index is 0.186. The topological polar surface area (TPSA) is 71.5 Å². The van der Waals surface area contributed by atoms with Crippen LogP contribution in [0.2, 0.25) is 5.15 Å². The average Bonchev–Trinajstić information content (AvgIpc) is 3.21. The molecule has 0 aliphatic carbocycles. The Kier molecular flexibility index (Phi) is 5.15. The average molecular weight is 368 g/mol. The fourth-order valence-electron chi connectivity index (χ4n) is 2.84. The van der Waals surface area contributed by atoms with Gasteiger partial charge in [0.1, 0.15) is 0 Å². The van der Waals surface area contributed by atoms with E-state index in [2.05, 4.69) is 20.1 Å². The number of hydrogen-bond donors (Lipinski definition) is 0. The third-order valence-electron chi connectivity index (χ3n) is 3.99. The Morgan fingerprint density at radius 3 is 3.12 bits per heavy atom. The quantitative estimate of drug-likeness (QED) is 0.751. The van der Waals surface area contributed by atoms with Gasteiger partial charge in [0.05, 0.1) is 7.11 Å². The number of thiazole rings is 1. The predicted molar refractivity (Wildman–Crippen MR) is 94.1 cm³/mol. The number of halogens is 1. The maximum Gasteiger partial charge on any atom is 0.351 e.